The average Bonchev–Trinajstić information content (AvgIpc) is 3.50. The number of rotatable bonds is 3. The molecule has 3 fully saturated rings. The van der Waals surface area contributed by atoms with Gasteiger partial charge in [-0.25, -0.2) is 28.1 Å². The van der Waals surface area contributed by atoms with E-state index >= 15 is 0 Å². The van der Waals surface area contributed by atoms with Gasteiger partial charge in [0, 0.05) is 69.5 Å². The minimum absolute atomic E-state index is 0.0563. The lowest BCUT2D eigenvalue weighted by Crippen LogP contribution is -2.53. The van der Waals surface area contributed by atoms with E-state index in [1.165, 1.54) is 6.07 Å². The fourth-order valence-electron chi connectivity index (χ4n) is 6.63. The number of hydrogen-bond donors (Lipinski definition) is 3. The molecule has 6 rings (SSSR count). The highest BCUT2D eigenvalue weighted by molar-refractivity contribution is 5.76. The minimum atomic E-state index is -0.917. The molecule has 3 atom stereocenters. The first-order valence-electron chi connectivity index (χ1n) is 14.6. The second-order valence-corrected chi connectivity index (χ2v) is 11.6. The number of amides is 4. The van der Waals surface area contributed by atoms with E-state index in [0.29, 0.717) is 63.9 Å². The Hall–Kier alpha value is -4.00. The fraction of sp³-hybridized carbons (Fsp3) is 0.517. The van der Waals surface area contributed by atoms with Gasteiger partial charge in [-0.2, -0.15) is 0 Å². The van der Waals surface area contributed by atoms with Gasteiger partial charge in [-0.3, -0.25) is 9.55 Å². The Morgan fingerprint density at radius 2 is 1.71 bits per heavy atom. The van der Waals surface area contributed by atoms with Crippen molar-refractivity contribution in [2.24, 2.45) is 5.73 Å². The lowest BCUT2D eigenvalue weighted by atomic mass is 9.93. The number of halogens is 2. The summed E-state index contributed by atoms with van der Waals surface area (Å²) in [4.78, 5) is 51.6. The highest BCUT2D eigenvalue weighted by Crippen LogP contribution is 2.31. The zero-order valence-corrected chi connectivity index (χ0v) is 23.3. The van der Waals surface area contributed by atoms with Crippen LogP contribution in [0.25, 0.3) is 11.2 Å². The first-order valence-corrected chi connectivity index (χ1v) is 14.6. The normalized spacial score (nSPS) is 23.8. The largest absolute Gasteiger partial charge is 0.333 e. The zero-order chi connectivity index (χ0) is 29.4. The van der Waals surface area contributed by atoms with Crippen molar-refractivity contribution in [2.75, 3.05) is 39.3 Å². The number of nitrogens with one attached hydrogen (secondary N) is 2. The molecule has 11 nitrogen and oxygen atoms in total. The molecule has 4 amide bonds. The van der Waals surface area contributed by atoms with Gasteiger partial charge >= 0.3 is 17.8 Å². The summed E-state index contributed by atoms with van der Waals surface area (Å²) in [5, 5.41) is 3.10. The Morgan fingerprint density at radius 3 is 2.48 bits per heavy atom. The van der Waals surface area contributed by atoms with Crippen LogP contribution >= 0.6 is 0 Å². The molecule has 13 heteroatoms. The third kappa shape index (κ3) is 5.57. The number of likely N-dealkylation sites (tertiary alicyclic amines) is 3. The molecular formula is C29H36F2N8O3. The fourth-order valence-corrected chi connectivity index (χ4v) is 6.63. The van der Waals surface area contributed by atoms with Gasteiger partial charge in [-0.1, -0.05) is 12.1 Å². The van der Waals surface area contributed by atoms with Crippen LogP contribution in [0.15, 0.2) is 41.3 Å². The number of carbonyl (C=O) groups excluding carboxylic acids is 2. The number of piperidine rings is 1. The Morgan fingerprint density at radius 1 is 0.929 bits per heavy atom. The zero-order valence-electron chi connectivity index (χ0n) is 23.3. The number of fused-ring (bicyclic) bond motifs is 1. The molecule has 1 unspecified atom stereocenters. The number of hydrogen-bond acceptors (Lipinski definition) is 5. The van der Waals surface area contributed by atoms with Crippen molar-refractivity contribution in [1.82, 2.24) is 34.6 Å². The van der Waals surface area contributed by atoms with Crippen molar-refractivity contribution in [3.63, 3.8) is 0 Å². The van der Waals surface area contributed by atoms with Crippen molar-refractivity contribution in [3.05, 3.63) is 64.2 Å². The third-order valence-corrected chi connectivity index (χ3v) is 8.87. The van der Waals surface area contributed by atoms with Crippen LogP contribution in [-0.2, 0) is 0 Å². The second kappa shape index (κ2) is 11.7. The lowest BCUT2D eigenvalue weighted by molar-refractivity contribution is 0.151. The average molecular weight is 583 g/mol. The van der Waals surface area contributed by atoms with E-state index in [1.54, 1.807) is 37.6 Å². The van der Waals surface area contributed by atoms with Crippen molar-refractivity contribution in [1.29, 1.82) is 0 Å². The highest BCUT2D eigenvalue weighted by atomic mass is 19.2. The standard InChI is InChI=1S/C29H36F2N8O3/c30-23-4-1-3-22(25(23)31)18-6-7-20(17-38(15-18)29(42)37-12-8-19(32)16-37)34-27(40)36-13-9-21(10-14-36)39-24-5-2-11-33-26(24)35-28(39)41/h1-5,11,18-21H,6-10,12-17,32H2,(H,34,40)(H,33,35,41)/t18-,19?,20-/m1/s1. The number of carbonyl (C=O) groups is 2. The van der Waals surface area contributed by atoms with Crippen LogP contribution in [-0.4, -0.2) is 92.6 Å². The van der Waals surface area contributed by atoms with Gasteiger partial charge < -0.3 is 25.8 Å². The predicted octanol–water partition coefficient (Wildman–Crippen LogP) is 2.75. The molecule has 2 aromatic heterocycles. The monoisotopic (exact) mass is 582 g/mol. The molecule has 3 aliphatic heterocycles. The molecule has 3 aliphatic rings. The Kier molecular flexibility index (Phi) is 7.84. The maximum atomic E-state index is 14.8. The summed E-state index contributed by atoms with van der Waals surface area (Å²) >= 11 is 0. The lowest BCUT2D eigenvalue weighted by Gasteiger charge is -2.34. The number of nitrogens with two attached hydrogens (primary N) is 1. The number of nitrogens with zero attached hydrogens (tertiary/aromatic N) is 5. The number of aromatic amines is 1. The molecule has 0 spiro atoms. The predicted molar refractivity (Wildman–Crippen MR) is 152 cm³/mol. The minimum Gasteiger partial charge on any atom is -0.333 e. The summed E-state index contributed by atoms with van der Waals surface area (Å²) in [6.45, 7) is 2.39. The molecule has 5 heterocycles. The van der Waals surface area contributed by atoms with Gasteiger partial charge in [0.05, 0.1) is 5.52 Å². The Bertz CT molecular complexity index is 1520. The van der Waals surface area contributed by atoms with Crippen LogP contribution < -0.4 is 16.7 Å². The van der Waals surface area contributed by atoms with Crippen LogP contribution in [0.4, 0.5) is 18.4 Å². The first kappa shape index (κ1) is 28.1. The number of H-pyrrole nitrogens is 1. The number of pyridine rings is 1. The van der Waals surface area contributed by atoms with E-state index in [4.69, 9.17) is 5.73 Å². The van der Waals surface area contributed by atoms with E-state index in [1.807, 2.05) is 6.07 Å². The third-order valence-electron chi connectivity index (χ3n) is 8.87. The number of urea groups is 2. The van der Waals surface area contributed by atoms with Crippen LogP contribution in [0.3, 0.4) is 0 Å². The summed E-state index contributed by atoms with van der Waals surface area (Å²) in [6, 6.07) is 6.83. The van der Waals surface area contributed by atoms with Crippen LogP contribution in [0.5, 0.6) is 0 Å². The van der Waals surface area contributed by atoms with E-state index in [9.17, 15) is 23.2 Å². The topological polar surface area (TPSA) is 133 Å². The van der Waals surface area contributed by atoms with Crippen molar-refractivity contribution in [3.8, 4) is 0 Å². The van der Waals surface area contributed by atoms with Gasteiger partial charge in [0.1, 0.15) is 0 Å². The van der Waals surface area contributed by atoms with Crippen LogP contribution in [0, 0.1) is 11.6 Å². The molecular weight excluding hydrogens is 546 g/mol. The molecule has 0 saturated carbocycles. The van der Waals surface area contributed by atoms with Gasteiger partial charge in [0.15, 0.2) is 17.3 Å². The van der Waals surface area contributed by atoms with Crippen LogP contribution in [0.1, 0.15) is 49.6 Å². The highest BCUT2D eigenvalue weighted by Gasteiger charge is 2.35. The van der Waals surface area contributed by atoms with Crippen LogP contribution in [0.2, 0.25) is 0 Å². The molecule has 4 N–H and O–H groups in total. The van der Waals surface area contributed by atoms with E-state index in [-0.39, 0.29) is 54.5 Å². The van der Waals surface area contributed by atoms with Gasteiger partial charge in [-0.15, -0.1) is 0 Å². The summed E-state index contributed by atoms with van der Waals surface area (Å²) < 4.78 is 30.6. The molecule has 224 valence electrons. The molecule has 0 aliphatic carbocycles. The maximum Gasteiger partial charge on any atom is 0.327 e. The molecule has 3 saturated heterocycles. The van der Waals surface area contributed by atoms with Gasteiger partial charge in [0.2, 0.25) is 0 Å². The van der Waals surface area contributed by atoms with Crippen molar-refractivity contribution in [2.45, 2.75) is 56.1 Å². The molecule has 3 aromatic rings. The first-order chi connectivity index (χ1) is 20.3. The molecule has 42 heavy (non-hydrogen) atoms. The number of benzene rings is 1. The van der Waals surface area contributed by atoms with Gasteiger partial charge in [-0.05, 0) is 55.9 Å². The van der Waals surface area contributed by atoms with E-state index in [2.05, 4.69) is 15.3 Å². The molecule has 0 radical (unpaired) electrons. The van der Waals surface area contributed by atoms with Crippen molar-refractivity contribution < 1.29 is 18.4 Å². The smallest absolute Gasteiger partial charge is 0.327 e. The van der Waals surface area contributed by atoms with Crippen molar-refractivity contribution >= 4 is 23.2 Å². The number of imidazole rings is 1. The summed E-state index contributed by atoms with van der Waals surface area (Å²) in [6.07, 6.45) is 4.55. The Balaban J connectivity index is 1.13. The molecule has 0 bridgehead atoms. The summed E-state index contributed by atoms with van der Waals surface area (Å²) in [5.41, 5.74) is 7.36. The summed E-state index contributed by atoms with van der Waals surface area (Å²) in [7, 11) is 0. The SMILES string of the molecule is NC1CCN(C(=O)N2C[C@H](NC(=O)N3CCC(n4c(=O)[nH]c5ncccc54)CC3)CC[C@@H](c3cccc(F)c3F)C2)C1. The van der Waals surface area contributed by atoms with E-state index < -0.39 is 17.6 Å². The second-order valence-electron chi connectivity index (χ2n) is 11.6. The van der Waals surface area contributed by atoms with E-state index in [0.717, 1.165) is 11.6 Å². The summed E-state index contributed by atoms with van der Waals surface area (Å²) in [5.74, 6) is -2.23. The maximum absolute atomic E-state index is 14.8. The quantitative estimate of drug-likeness (QED) is 0.437. The van der Waals surface area contributed by atoms with Gasteiger partial charge in [0.25, 0.3) is 0 Å². The number of aromatic nitrogens is 3. The molecule has 1 aromatic carbocycles. The Labute approximate surface area is 241 Å².